The predicted molar refractivity (Wildman–Crippen MR) is 212 cm³/mol. The summed E-state index contributed by atoms with van der Waals surface area (Å²) in [5, 5.41) is 18.7. The number of alkyl carbamates (subject to hydrolysis) is 1. The summed E-state index contributed by atoms with van der Waals surface area (Å²) in [4.78, 5) is 72.6. The predicted octanol–water partition coefficient (Wildman–Crippen LogP) is 2.82. The minimum atomic E-state index is -0.977. The molecule has 1 unspecified atom stereocenters. The lowest BCUT2D eigenvalue weighted by Crippen LogP contribution is -2.47. The van der Waals surface area contributed by atoms with E-state index in [1.165, 1.54) is 6.42 Å². The third-order valence-corrected chi connectivity index (χ3v) is 7.69. The van der Waals surface area contributed by atoms with Crippen LogP contribution in [0.25, 0.3) is 0 Å². The van der Waals surface area contributed by atoms with Gasteiger partial charge in [0, 0.05) is 44.7 Å². The highest BCUT2D eigenvalue weighted by molar-refractivity contribution is 5.97. The van der Waals surface area contributed by atoms with E-state index in [0.717, 1.165) is 0 Å². The normalized spacial score (nSPS) is 11.6. The molecule has 0 bridgehead atoms. The lowest BCUT2D eigenvalue weighted by Gasteiger charge is -2.30. The molecule has 0 aliphatic heterocycles. The van der Waals surface area contributed by atoms with Crippen LogP contribution in [0.15, 0.2) is 24.3 Å². The molecule has 9 N–H and O–H groups in total. The maximum atomic E-state index is 13.1. The van der Waals surface area contributed by atoms with Crippen molar-refractivity contribution in [3.05, 3.63) is 29.8 Å². The van der Waals surface area contributed by atoms with Crippen molar-refractivity contribution >= 4 is 41.4 Å². The summed E-state index contributed by atoms with van der Waals surface area (Å²) in [6.07, 6.45) is 2.92. The molecule has 1 aromatic rings. The van der Waals surface area contributed by atoms with Crippen LogP contribution in [0.2, 0.25) is 0 Å². The molecule has 1 atom stereocenters. The number of carbonyl (C=O) groups excluding carboxylic acids is 6. The van der Waals surface area contributed by atoms with Gasteiger partial charge in [-0.25, -0.2) is 9.59 Å². The fourth-order valence-electron chi connectivity index (χ4n) is 4.47. The van der Waals surface area contributed by atoms with Gasteiger partial charge in [0.1, 0.15) is 12.6 Å². The summed E-state index contributed by atoms with van der Waals surface area (Å²) in [6, 6.07) is 4.97. The van der Waals surface area contributed by atoms with Crippen molar-refractivity contribution < 1.29 is 43.0 Å². The van der Waals surface area contributed by atoms with Gasteiger partial charge < -0.3 is 57.2 Å². The van der Waals surface area contributed by atoms with Crippen LogP contribution >= 0.6 is 0 Å². The minimum absolute atomic E-state index is 0.000490. The molecular formula is C38H68N8O9. The van der Waals surface area contributed by atoms with Gasteiger partial charge in [-0.1, -0.05) is 39.3 Å². The number of carbonyl (C=O) groups is 6. The first kappa shape index (κ1) is 50.5. The van der Waals surface area contributed by atoms with Crippen molar-refractivity contribution in [3.8, 4) is 0 Å². The lowest BCUT2D eigenvalue weighted by molar-refractivity contribution is -0.129. The van der Waals surface area contributed by atoms with E-state index in [1.807, 2.05) is 27.7 Å². The SMILES string of the molecule is CCC.CCC(=O)NCCC(C)(C)OCCC(C)(C)OCCC(=O)NCC(=O)NC(CCCNC(N)=O)C(=O)Nc1ccc(COC(=O)NCCNC)cc1. The minimum Gasteiger partial charge on any atom is -0.445 e. The lowest BCUT2D eigenvalue weighted by atomic mass is 10.0. The highest BCUT2D eigenvalue weighted by Gasteiger charge is 2.24. The Balaban J connectivity index is 0.00000938. The molecule has 0 fully saturated rings. The van der Waals surface area contributed by atoms with Gasteiger partial charge in [0.15, 0.2) is 0 Å². The third kappa shape index (κ3) is 27.7. The van der Waals surface area contributed by atoms with Gasteiger partial charge in [0.25, 0.3) is 0 Å². The molecular weight excluding hydrogens is 712 g/mol. The molecule has 0 aliphatic rings. The standard InChI is InChI=1S/C35H60N8O9.C3H8/c1-7-28(44)38-18-15-34(2,3)52-22-16-35(4,5)51-21-14-29(45)41-23-30(46)43-27(9-8-17-39-32(36)48)31(47)42-26-12-10-25(11-13-26)24-50-33(49)40-20-19-37-6;1-3-2/h10-13,27,37H,7-9,14-24H2,1-6H3,(H,38,44)(H,40,49)(H,41,45)(H,42,47)(H,43,46)(H3,36,39,48);3H2,1-2H3. The van der Waals surface area contributed by atoms with Gasteiger partial charge >= 0.3 is 12.1 Å². The van der Waals surface area contributed by atoms with Crippen molar-refractivity contribution in [2.45, 2.75) is 117 Å². The Labute approximate surface area is 327 Å². The van der Waals surface area contributed by atoms with Crippen LogP contribution in [0.5, 0.6) is 0 Å². The Morgan fingerprint density at radius 3 is 2.00 bits per heavy atom. The second-order valence-corrected chi connectivity index (χ2v) is 14.0. The third-order valence-electron chi connectivity index (χ3n) is 7.69. The number of nitrogens with two attached hydrogens (primary N) is 1. The Bertz CT molecular complexity index is 1290. The fraction of sp³-hybridized carbons (Fsp3) is 0.684. The molecule has 55 heavy (non-hydrogen) atoms. The van der Waals surface area contributed by atoms with Crippen molar-refractivity contribution in [3.63, 3.8) is 0 Å². The summed E-state index contributed by atoms with van der Waals surface area (Å²) < 4.78 is 17.1. The number of hydrogen-bond donors (Lipinski definition) is 8. The molecule has 0 aliphatic carbocycles. The van der Waals surface area contributed by atoms with E-state index in [4.69, 9.17) is 19.9 Å². The van der Waals surface area contributed by atoms with Gasteiger partial charge in [-0.3, -0.25) is 19.2 Å². The maximum Gasteiger partial charge on any atom is 0.407 e. The summed E-state index contributed by atoms with van der Waals surface area (Å²) >= 11 is 0. The molecule has 7 amide bonds. The van der Waals surface area contributed by atoms with Crippen molar-refractivity contribution in [1.29, 1.82) is 0 Å². The Morgan fingerprint density at radius 2 is 1.38 bits per heavy atom. The first-order chi connectivity index (χ1) is 26.0. The van der Waals surface area contributed by atoms with Gasteiger partial charge in [-0.2, -0.15) is 0 Å². The number of primary amides is 1. The average Bonchev–Trinajstić information content (AvgIpc) is 3.11. The van der Waals surface area contributed by atoms with Gasteiger partial charge in [0.05, 0.1) is 31.0 Å². The number of amides is 7. The van der Waals surface area contributed by atoms with Gasteiger partial charge in [-0.05, 0) is 78.1 Å². The molecule has 17 heteroatoms. The molecule has 17 nitrogen and oxygen atoms in total. The van der Waals surface area contributed by atoms with E-state index in [-0.39, 0.29) is 45.1 Å². The summed E-state index contributed by atoms with van der Waals surface area (Å²) in [6.45, 7) is 15.8. The van der Waals surface area contributed by atoms with Crippen molar-refractivity contribution in [2.24, 2.45) is 5.73 Å². The second kappa shape index (κ2) is 28.9. The summed E-state index contributed by atoms with van der Waals surface area (Å²) in [5.74, 6) is -1.48. The Morgan fingerprint density at radius 1 is 0.745 bits per heavy atom. The topological polar surface area (TPSA) is 240 Å². The smallest absolute Gasteiger partial charge is 0.407 e. The average molecular weight is 781 g/mol. The number of anilines is 1. The second-order valence-electron chi connectivity index (χ2n) is 14.0. The zero-order valence-corrected chi connectivity index (χ0v) is 34.2. The number of urea groups is 1. The van der Waals surface area contributed by atoms with Gasteiger partial charge in [0.2, 0.25) is 23.6 Å². The van der Waals surface area contributed by atoms with Crippen LogP contribution in [0.4, 0.5) is 15.3 Å². The monoisotopic (exact) mass is 781 g/mol. The van der Waals surface area contributed by atoms with E-state index >= 15 is 0 Å². The highest BCUT2D eigenvalue weighted by atomic mass is 16.5. The number of benzene rings is 1. The number of rotatable bonds is 26. The molecule has 0 spiro atoms. The molecule has 314 valence electrons. The highest BCUT2D eigenvalue weighted by Crippen LogP contribution is 2.19. The Kier molecular flexibility index (Phi) is 26.5. The molecule has 1 rings (SSSR count). The fourth-order valence-corrected chi connectivity index (χ4v) is 4.47. The molecule has 0 heterocycles. The van der Waals surface area contributed by atoms with E-state index < -0.39 is 47.1 Å². The largest absolute Gasteiger partial charge is 0.445 e. The van der Waals surface area contributed by atoms with Crippen molar-refractivity contribution in [2.75, 3.05) is 58.3 Å². The molecule has 0 radical (unpaired) electrons. The number of hydrogen-bond acceptors (Lipinski definition) is 10. The maximum absolute atomic E-state index is 13.1. The van der Waals surface area contributed by atoms with Crippen LogP contribution < -0.4 is 43.0 Å². The zero-order valence-electron chi connectivity index (χ0n) is 34.2. The number of ether oxygens (including phenoxy) is 3. The zero-order chi connectivity index (χ0) is 41.7. The summed E-state index contributed by atoms with van der Waals surface area (Å²) in [7, 11) is 1.77. The first-order valence-corrected chi connectivity index (χ1v) is 19.1. The van der Waals surface area contributed by atoms with E-state index in [2.05, 4.69) is 51.1 Å². The van der Waals surface area contributed by atoms with Crippen LogP contribution in [-0.2, 0) is 40.0 Å². The number of nitrogens with one attached hydrogen (secondary N) is 7. The number of likely N-dealkylation sites (N-methyl/N-ethyl adjacent to an activating group) is 1. The molecule has 1 aromatic carbocycles. The van der Waals surface area contributed by atoms with Crippen LogP contribution in [0.1, 0.15) is 99.0 Å². The van der Waals surface area contributed by atoms with Gasteiger partial charge in [-0.15, -0.1) is 0 Å². The summed E-state index contributed by atoms with van der Waals surface area (Å²) in [5.41, 5.74) is 5.28. The Hall–Kier alpha value is -4.48. The van der Waals surface area contributed by atoms with E-state index in [9.17, 15) is 28.8 Å². The van der Waals surface area contributed by atoms with Crippen LogP contribution in [-0.4, -0.2) is 106 Å². The molecule has 0 saturated carbocycles. The van der Waals surface area contributed by atoms with Crippen LogP contribution in [0.3, 0.4) is 0 Å². The van der Waals surface area contributed by atoms with Crippen LogP contribution in [0, 0.1) is 0 Å². The molecule has 0 saturated heterocycles. The van der Waals surface area contributed by atoms with E-state index in [1.54, 1.807) is 38.2 Å². The van der Waals surface area contributed by atoms with E-state index in [0.29, 0.717) is 63.2 Å². The first-order valence-electron chi connectivity index (χ1n) is 19.1. The van der Waals surface area contributed by atoms with Crippen molar-refractivity contribution in [1.82, 2.24) is 31.9 Å². The molecule has 0 aromatic heterocycles. The quantitative estimate of drug-likeness (QED) is 0.0640.